The molecule has 0 radical (unpaired) electrons. The van der Waals surface area contributed by atoms with Gasteiger partial charge in [-0.25, -0.2) is 0 Å². The fourth-order valence-electron chi connectivity index (χ4n) is 3.33. The van der Waals surface area contributed by atoms with Crippen LogP contribution in [0.25, 0.3) is 12.2 Å². The first-order valence-electron chi connectivity index (χ1n) is 9.17. The number of hydrogen-bond acceptors (Lipinski definition) is 0. The molecular formula is C26H26. The molecule has 0 aromatic heterocycles. The van der Waals surface area contributed by atoms with Crippen molar-refractivity contribution in [3.63, 3.8) is 0 Å². The van der Waals surface area contributed by atoms with Crippen molar-refractivity contribution >= 4 is 12.2 Å². The van der Waals surface area contributed by atoms with Gasteiger partial charge in [0.25, 0.3) is 0 Å². The molecule has 0 aliphatic rings. The highest BCUT2D eigenvalue weighted by molar-refractivity contribution is 5.50. The van der Waals surface area contributed by atoms with Crippen LogP contribution < -0.4 is 0 Å². The summed E-state index contributed by atoms with van der Waals surface area (Å²) in [4.78, 5) is 0. The second kappa shape index (κ2) is 8.01. The molecule has 0 bridgehead atoms. The minimum absolute atomic E-state index is 0.367. The standard InChI is InChI=1S/C26H26/c1-5-21-10-12-23(13-11-21)19(3)24-14-16-25(17-15-24)20(4)26-9-7-8-22(6-2)18-26/h5-20H,1-2H2,3-4H3. The van der Waals surface area contributed by atoms with Gasteiger partial charge in [0, 0.05) is 11.8 Å². The van der Waals surface area contributed by atoms with Crippen LogP contribution in [0, 0.1) is 0 Å². The second-order valence-corrected chi connectivity index (χ2v) is 6.86. The van der Waals surface area contributed by atoms with Crippen LogP contribution in [0.5, 0.6) is 0 Å². The molecule has 3 aromatic rings. The topological polar surface area (TPSA) is 0 Å². The second-order valence-electron chi connectivity index (χ2n) is 6.86. The number of rotatable bonds is 6. The van der Waals surface area contributed by atoms with Crippen LogP contribution in [0.3, 0.4) is 0 Å². The summed E-state index contributed by atoms with van der Waals surface area (Å²) in [6, 6.07) is 26.3. The van der Waals surface area contributed by atoms with Gasteiger partial charge in [-0.15, -0.1) is 0 Å². The van der Waals surface area contributed by atoms with Gasteiger partial charge in [-0.3, -0.25) is 0 Å². The third kappa shape index (κ3) is 3.86. The van der Waals surface area contributed by atoms with Crippen LogP contribution in [-0.2, 0) is 0 Å². The third-order valence-electron chi connectivity index (χ3n) is 5.26. The summed E-state index contributed by atoms with van der Waals surface area (Å²) in [5.41, 5.74) is 7.66. The van der Waals surface area contributed by atoms with E-state index in [-0.39, 0.29) is 0 Å². The first-order chi connectivity index (χ1) is 12.6. The van der Waals surface area contributed by atoms with E-state index in [2.05, 4.69) is 99.8 Å². The van der Waals surface area contributed by atoms with E-state index in [9.17, 15) is 0 Å². The number of benzene rings is 3. The molecule has 0 saturated carbocycles. The van der Waals surface area contributed by atoms with Gasteiger partial charge >= 0.3 is 0 Å². The Morgan fingerprint density at radius 3 is 1.54 bits per heavy atom. The molecule has 26 heavy (non-hydrogen) atoms. The van der Waals surface area contributed by atoms with Gasteiger partial charge in [-0.2, -0.15) is 0 Å². The van der Waals surface area contributed by atoms with Crippen LogP contribution in [0.4, 0.5) is 0 Å². The summed E-state index contributed by atoms with van der Waals surface area (Å²) in [5, 5.41) is 0. The molecule has 0 heteroatoms. The predicted molar refractivity (Wildman–Crippen MR) is 115 cm³/mol. The molecule has 0 aliphatic carbocycles. The molecule has 2 unspecified atom stereocenters. The quantitative estimate of drug-likeness (QED) is 0.443. The van der Waals surface area contributed by atoms with E-state index < -0.39 is 0 Å². The Balaban J connectivity index is 1.80. The van der Waals surface area contributed by atoms with E-state index in [1.165, 1.54) is 27.8 Å². The monoisotopic (exact) mass is 338 g/mol. The van der Waals surface area contributed by atoms with Crippen molar-refractivity contribution < 1.29 is 0 Å². The summed E-state index contributed by atoms with van der Waals surface area (Å²) < 4.78 is 0. The Kier molecular flexibility index (Phi) is 5.53. The van der Waals surface area contributed by atoms with Crippen molar-refractivity contribution in [2.45, 2.75) is 25.7 Å². The molecule has 0 nitrogen and oxygen atoms in total. The molecular weight excluding hydrogens is 312 g/mol. The average Bonchev–Trinajstić information content (AvgIpc) is 2.73. The zero-order valence-corrected chi connectivity index (χ0v) is 15.7. The van der Waals surface area contributed by atoms with E-state index in [0.29, 0.717) is 11.8 Å². The molecule has 2 atom stereocenters. The Morgan fingerprint density at radius 1 is 0.577 bits per heavy atom. The molecule has 0 aliphatic heterocycles. The first-order valence-corrected chi connectivity index (χ1v) is 9.17. The molecule has 3 aromatic carbocycles. The molecule has 0 spiro atoms. The summed E-state index contributed by atoms with van der Waals surface area (Å²) in [6.45, 7) is 12.2. The van der Waals surface area contributed by atoms with E-state index in [4.69, 9.17) is 0 Å². The Hall–Kier alpha value is -2.86. The Bertz CT molecular complexity index is 882. The van der Waals surface area contributed by atoms with E-state index in [1.807, 2.05) is 12.2 Å². The van der Waals surface area contributed by atoms with Gasteiger partial charge in [0.15, 0.2) is 0 Å². The fourth-order valence-corrected chi connectivity index (χ4v) is 3.33. The lowest BCUT2D eigenvalue weighted by molar-refractivity contribution is 0.898. The van der Waals surface area contributed by atoms with Gasteiger partial charge in [-0.1, -0.05) is 112 Å². The molecule has 0 fully saturated rings. The molecule has 130 valence electrons. The van der Waals surface area contributed by atoms with Crippen molar-refractivity contribution in [3.8, 4) is 0 Å². The first kappa shape index (κ1) is 17.9. The lowest BCUT2D eigenvalue weighted by atomic mass is 9.88. The maximum absolute atomic E-state index is 3.87. The average molecular weight is 338 g/mol. The lowest BCUT2D eigenvalue weighted by Gasteiger charge is -2.16. The van der Waals surface area contributed by atoms with Crippen molar-refractivity contribution in [1.29, 1.82) is 0 Å². The highest BCUT2D eigenvalue weighted by Gasteiger charge is 2.12. The third-order valence-corrected chi connectivity index (χ3v) is 5.26. The van der Waals surface area contributed by atoms with Crippen LogP contribution >= 0.6 is 0 Å². The zero-order chi connectivity index (χ0) is 18.5. The molecule has 0 N–H and O–H groups in total. The van der Waals surface area contributed by atoms with Gasteiger partial charge in [0.05, 0.1) is 0 Å². The van der Waals surface area contributed by atoms with Gasteiger partial charge < -0.3 is 0 Å². The van der Waals surface area contributed by atoms with E-state index in [1.54, 1.807) is 0 Å². The normalized spacial score (nSPS) is 13.0. The van der Waals surface area contributed by atoms with Crippen molar-refractivity contribution in [3.05, 3.63) is 119 Å². The van der Waals surface area contributed by atoms with Gasteiger partial charge in [0.2, 0.25) is 0 Å². The summed E-state index contributed by atoms with van der Waals surface area (Å²) in [5.74, 6) is 0.744. The fraction of sp³-hybridized carbons (Fsp3) is 0.154. The zero-order valence-electron chi connectivity index (χ0n) is 15.7. The maximum atomic E-state index is 3.87. The minimum Gasteiger partial charge on any atom is -0.0985 e. The summed E-state index contributed by atoms with van der Waals surface area (Å²) in [7, 11) is 0. The van der Waals surface area contributed by atoms with Crippen molar-refractivity contribution in [2.24, 2.45) is 0 Å². The van der Waals surface area contributed by atoms with Crippen LogP contribution in [0.1, 0.15) is 59.1 Å². The summed E-state index contributed by atoms with van der Waals surface area (Å²) in [6.07, 6.45) is 3.78. The largest absolute Gasteiger partial charge is 0.0985 e. The van der Waals surface area contributed by atoms with Gasteiger partial charge in [-0.05, 0) is 33.4 Å². The summed E-state index contributed by atoms with van der Waals surface area (Å²) >= 11 is 0. The smallest absolute Gasteiger partial charge is 0.00612 e. The van der Waals surface area contributed by atoms with Gasteiger partial charge in [0.1, 0.15) is 0 Å². The Morgan fingerprint density at radius 2 is 1.04 bits per heavy atom. The van der Waals surface area contributed by atoms with E-state index >= 15 is 0 Å². The predicted octanol–water partition coefficient (Wildman–Crippen LogP) is 7.28. The lowest BCUT2D eigenvalue weighted by Crippen LogP contribution is -1.99. The Labute approximate surface area is 157 Å². The highest BCUT2D eigenvalue weighted by atomic mass is 14.2. The number of hydrogen-bond donors (Lipinski definition) is 0. The van der Waals surface area contributed by atoms with Crippen LogP contribution in [-0.4, -0.2) is 0 Å². The van der Waals surface area contributed by atoms with Crippen molar-refractivity contribution in [2.75, 3.05) is 0 Å². The van der Waals surface area contributed by atoms with Crippen LogP contribution in [0.15, 0.2) is 86.0 Å². The molecule has 3 rings (SSSR count). The molecule has 0 heterocycles. The van der Waals surface area contributed by atoms with Crippen molar-refractivity contribution in [1.82, 2.24) is 0 Å². The molecule has 0 saturated heterocycles. The SMILES string of the molecule is C=Cc1ccc(C(C)c2ccc(C(C)c3cccc(C=C)c3)cc2)cc1. The molecule has 0 amide bonds. The van der Waals surface area contributed by atoms with Crippen LogP contribution in [0.2, 0.25) is 0 Å². The van der Waals surface area contributed by atoms with E-state index in [0.717, 1.165) is 5.56 Å². The minimum atomic E-state index is 0.367. The maximum Gasteiger partial charge on any atom is 0.00612 e. The highest BCUT2D eigenvalue weighted by Crippen LogP contribution is 2.29.